The molecule has 1 heterocycles. The van der Waals surface area contributed by atoms with Crippen molar-refractivity contribution in [2.45, 2.75) is 37.2 Å². The van der Waals surface area contributed by atoms with Crippen molar-refractivity contribution in [3.05, 3.63) is 98.0 Å². The average molecular weight is 523 g/mol. The second-order valence-electron chi connectivity index (χ2n) is 8.01. The third-order valence-electron chi connectivity index (χ3n) is 5.72. The lowest BCUT2D eigenvalue weighted by molar-refractivity contribution is 0.576. The normalized spacial score (nSPS) is 16.9. The van der Waals surface area contributed by atoms with E-state index >= 15 is 0 Å². The van der Waals surface area contributed by atoms with E-state index < -0.39 is 16.1 Å². The first-order chi connectivity index (χ1) is 15.6. The number of sulfonamides is 1. The minimum absolute atomic E-state index is 0.114. The molecule has 1 aliphatic rings. The van der Waals surface area contributed by atoms with E-state index in [-0.39, 0.29) is 10.9 Å². The molecule has 0 aromatic heterocycles. The summed E-state index contributed by atoms with van der Waals surface area (Å²) in [5.41, 5.74) is 7.20. The number of nitrogens with zero attached hydrogens (tertiary/aromatic N) is 1. The van der Waals surface area contributed by atoms with Gasteiger partial charge in [0.25, 0.3) is 0 Å². The van der Waals surface area contributed by atoms with Crippen molar-refractivity contribution in [3.63, 3.8) is 0 Å². The fraction of sp³-hybridized carbons (Fsp3) is 0.208. The van der Waals surface area contributed by atoms with Gasteiger partial charge in [-0.3, -0.25) is 0 Å². The van der Waals surface area contributed by atoms with Gasteiger partial charge in [0, 0.05) is 21.5 Å². The number of hydrazone groups is 1. The first-order valence-electron chi connectivity index (χ1n) is 10.3. The first-order valence-corrected chi connectivity index (χ1v) is 12.9. The van der Waals surface area contributed by atoms with E-state index in [1.807, 2.05) is 38.1 Å². The predicted octanol–water partition coefficient (Wildman–Crippen LogP) is 6.37. The molecule has 0 amide bonds. The summed E-state index contributed by atoms with van der Waals surface area (Å²) >= 11 is 18.6. The first kappa shape index (κ1) is 24.0. The van der Waals surface area contributed by atoms with E-state index in [0.29, 0.717) is 32.8 Å². The van der Waals surface area contributed by atoms with E-state index in [0.717, 1.165) is 16.7 Å². The second-order valence-corrected chi connectivity index (χ2v) is 11.0. The van der Waals surface area contributed by atoms with E-state index in [9.17, 15) is 8.42 Å². The van der Waals surface area contributed by atoms with Crippen LogP contribution in [0.4, 0.5) is 0 Å². The molecule has 3 aromatic carbocycles. The molecule has 0 aliphatic carbocycles. The van der Waals surface area contributed by atoms with Gasteiger partial charge in [-0.25, -0.2) is 8.42 Å². The van der Waals surface area contributed by atoms with Crippen LogP contribution in [0.15, 0.2) is 70.7 Å². The molecule has 33 heavy (non-hydrogen) atoms. The van der Waals surface area contributed by atoms with Gasteiger partial charge in [0.1, 0.15) is 0 Å². The molecule has 4 rings (SSSR count). The van der Waals surface area contributed by atoms with Gasteiger partial charge in [0.2, 0.25) is 10.0 Å². The molecule has 0 bridgehead atoms. The zero-order valence-electron chi connectivity index (χ0n) is 17.9. The molecule has 0 spiro atoms. The highest BCUT2D eigenvalue weighted by atomic mass is 35.5. The number of benzene rings is 3. The average Bonchev–Trinajstić information content (AvgIpc) is 3.25. The molecule has 0 saturated carbocycles. The van der Waals surface area contributed by atoms with Crippen molar-refractivity contribution in [2.75, 3.05) is 0 Å². The minimum Gasteiger partial charge on any atom is -0.302 e. The largest absolute Gasteiger partial charge is 0.302 e. The Morgan fingerprint density at radius 2 is 1.64 bits per heavy atom. The Balaban J connectivity index is 1.68. The predicted molar refractivity (Wildman–Crippen MR) is 135 cm³/mol. The van der Waals surface area contributed by atoms with E-state index in [1.54, 1.807) is 36.4 Å². The SMILES string of the molecule is Cc1ccc(S(=O)(=O)NC(C2=NNC(c3ccc(Cl)cc3)C2)c2ccc(Cl)cc2Cl)cc1C. The van der Waals surface area contributed by atoms with Crippen LogP contribution in [-0.4, -0.2) is 14.1 Å². The van der Waals surface area contributed by atoms with Gasteiger partial charge >= 0.3 is 0 Å². The summed E-state index contributed by atoms with van der Waals surface area (Å²) in [6.45, 7) is 3.81. The maximum absolute atomic E-state index is 13.3. The Morgan fingerprint density at radius 1 is 0.939 bits per heavy atom. The summed E-state index contributed by atoms with van der Waals surface area (Å²) in [5.74, 6) is 0. The summed E-state index contributed by atoms with van der Waals surface area (Å²) in [6, 6.07) is 16.6. The maximum Gasteiger partial charge on any atom is 0.241 e. The highest BCUT2D eigenvalue weighted by molar-refractivity contribution is 7.89. The topological polar surface area (TPSA) is 70.6 Å². The van der Waals surface area contributed by atoms with E-state index in [1.165, 1.54) is 0 Å². The molecule has 0 fully saturated rings. The molecule has 2 N–H and O–H groups in total. The molecule has 3 aromatic rings. The number of rotatable bonds is 6. The van der Waals surface area contributed by atoms with Crippen LogP contribution in [0.25, 0.3) is 0 Å². The van der Waals surface area contributed by atoms with Crippen molar-refractivity contribution >= 4 is 50.5 Å². The van der Waals surface area contributed by atoms with E-state index in [2.05, 4.69) is 15.2 Å². The third-order valence-corrected chi connectivity index (χ3v) is 7.95. The molecule has 0 radical (unpaired) electrons. The van der Waals surface area contributed by atoms with Crippen LogP contribution in [0.2, 0.25) is 15.1 Å². The van der Waals surface area contributed by atoms with Crippen LogP contribution >= 0.6 is 34.8 Å². The number of nitrogens with one attached hydrogen (secondary N) is 2. The lowest BCUT2D eigenvalue weighted by Crippen LogP contribution is -2.34. The number of hydrogen-bond acceptors (Lipinski definition) is 4. The fourth-order valence-corrected chi connectivity index (χ4v) is 5.61. The Hall–Kier alpha value is -2.09. The van der Waals surface area contributed by atoms with Gasteiger partial charge in [0.15, 0.2) is 0 Å². The second kappa shape index (κ2) is 9.65. The van der Waals surface area contributed by atoms with Crippen LogP contribution in [0.1, 0.15) is 40.8 Å². The minimum atomic E-state index is -3.87. The number of hydrogen-bond donors (Lipinski definition) is 2. The maximum atomic E-state index is 13.3. The molecule has 2 atom stereocenters. The Bertz CT molecular complexity index is 1330. The van der Waals surface area contributed by atoms with Crippen LogP contribution in [-0.2, 0) is 10.0 Å². The van der Waals surface area contributed by atoms with Crippen molar-refractivity contribution in [1.29, 1.82) is 0 Å². The molecule has 2 unspecified atom stereocenters. The number of halogens is 3. The van der Waals surface area contributed by atoms with Crippen molar-refractivity contribution in [3.8, 4) is 0 Å². The fourth-order valence-electron chi connectivity index (χ4n) is 3.68. The van der Waals surface area contributed by atoms with E-state index in [4.69, 9.17) is 34.8 Å². The quantitative estimate of drug-likeness (QED) is 0.395. The summed E-state index contributed by atoms with van der Waals surface area (Å²) in [4.78, 5) is 0.182. The van der Waals surface area contributed by atoms with Gasteiger partial charge < -0.3 is 5.43 Å². The summed E-state index contributed by atoms with van der Waals surface area (Å²) in [6.07, 6.45) is 0.487. The van der Waals surface area contributed by atoms with Gasteiger partial charge in [0.05, 0.1) is 22.7 Å². The zero-order valence-corrected chi connectivity index (χ0v) is 21.0. The van der Waals surface area contributed by atoms with Crippen molar-refractivity contribution in [1.82, 2.24) is 10.1 Å². The smallest absolute Gasteiger partial charge is 0.241 e. The van der Waals surface area contributed by atoms with Gasteiger partial charge in [-0.05, 0) is 72.5 Å². The van der Waals surface area contributed by atoms with Crippen molar-refractivity contribution in [2.24, 2.45) is 5.10 Å². The van der Waals surface area contributed by atoms with Crippen LogP contribution in [0.3, 0.4) is 0 Å². The number of aryl methyl sites for hydroxylation is 2. The molecule has 1 aliphatic heterocycles. The summed E-state index contributed by atoms with van der Waals surface area (Å²) in [5, 5.41) is 5.94. The van der Waals surface area contributed by atoms with Crippen molar-refractivity contribution < 1.29 is 8.42 Å². The van der Waals surface area contributed by atoms with Gasteiger partial charge in [-0.2, -0.15) is 9.82 Å². The summed E-state index contributed by atoms with van der Waals surface area (Å²) < 4.78 is 29.5. The molecule has 9 heteroatoms. The zero-order chi connectivity index (χ0) is 23.8. The molecule has 172 valence electrons. The van der Waals surface area contributed by atoms with Crippen LogP contribution < -0.4 is 10.1 Å². The Labute approximate surface area is 208 Å². The van der Waals surface area contributed by atoms with Crippen LogP contribution in [0, 0.1) is 13.8 Å². The molecule has 0 saturated heterocycles. The summed E-state index contributed by atoms with van der Waals surface area (Å²) in [7, 11) is -3.87. The highest BCUT2D eigenvalue weighted by Crippen LogP contribution is 2.33. The standard InChI is InChI=1S/C24H22Cl3N3O2S/c1-14-3-9-19(11-15(14)2)33(31,32)30-24(20-10-8-18(26)12-21(20)27)23-13-22(28-29-23)16-4-6-17(25)7-5-16/h3-12,22,24,28,30H,13H2,1-2H3. The molecular formula is C24H22Cl3N3O2S. The monoisotopic (exact) mass is 521 g/mol. The highest BCUT2D eigenvalue weighted by Gasteiger charge is 2.32. The third kappa shape index (κ3) is 5.36. The lowest BCUT2D eigenvalue weighted by Gasteiger charge is -2.21. The molecule has 5 nitrogen and oxygen atoms in total. The Kier molecular flexibility index (Phi) is 7.03. The lowest BCUT2D eigenvalue weighted by atomic mass is 9.96. The molecular weight excluding hydrogens is 501 g/mol. The van der Waals surface area contributed by atoms with Gasteiger partial charge in [-0.1, -0.05) is 59.1 Å². The Morgan fingerprint density at radius 3 is 2.30 bits per heavy atom. The van der Waals surface area contributed by atoms with Gasteiger partial charge in [-0.15, -0.1) is 0 Å². The van der Waals surface area contributed by atoms with Crippen LogP contribution in [0.5, 0.6) is 0 Å².